The van der Waals surface area contributed by atoms with E-state index >= 15 is 0 Å². The van der Waals surface area contributed by atoms with Gasteiger partial charge >= 0.3 is 5.97 Å². The molecule has 0 saturated carbocycles. The zero-order valence-corrected chi connectivity index (χ0v) is 11.6. The van der Waals surface area contributed by atoms with Gasteiger partial charge in [0.15, 0.2) is 5.82 Å². The molecule has 102 valence electrons. The number of carbonyl (C=O) groups is 1. The fourth-order valence-corrected chi connectivity index (χ4v) is 1.75. The van der Waals surface area contributed by atoms with Gasteiger partial charge in [0.2, 0.25) is 0 Å². The van der Waals surface area contributed by atoms with Crippen molar-refractivity contribution in [1.82, 2.24) is 20.2 Å². The molecule has 1 aromatic rings. The van der Waals surface area contributed by atoms with E-state index in [1.54, 1.807) is 4.68 Å². The summed E-state index contributed by atoms with van der Waals surface area (Å²) in [5, 5.41) is 20.5. The molecule has 0 aliphatic heterocycles. The molecule has 1 aromatic heterocycles. The van der Waals surface area contributed by atoms with Gasteiger partial charge in [0.05, 0.1) is 12.5 Å². The molecule has 1 unspecified atom stereocenters. The number of carboxylic acids is 1. The number of aliphatic carboxylic acids is 1. The van der Waals surface area contributed by atoms with Gasteiger partial charge in [-0.3, -0.25) is 4.79 Å². The highest BCUT2D eigenvalue weighted by atomic mass is 16.4. The number of hydrogen-bond donors (Lipinski definition) is 1. The molecule has 0 aliphatic rings. The number of aryl methyl sites for hydroxylation is 1. The molecular formula is C12H22N4O2. The quantitative estimate of drug-likeness (QED) is 0.840. The Morgan fingerprint density at radius 3 is 2.61 bits per heavy atom. The van der Waals surface area contributed by atoms with Gasteiger partial charge < -0.3 is 5.11 Å². The van der Waals surface area contributed by atoms with Crippen LogP contribution < -0.4 is 0 Å². The van der Waals surface area contributed by atoms with Crippen LogP contribution in [-0.2, 0) is 11.2 Å². The van der Waals surface area contributed by atoms with Crippen molar-refractivity contribution in [3.8, 4) is 0 Å². The Hall–Kier alpha value is -1.46. The second kappa shape index (κ2) is 5.93. The van der Waals surface area contributed by atoms with E-state index < -0.39 is 5.97 Å². The normalized spacial score (nSPS) is 13.6. The Balaban J connectivity index is 2.77. The highest BCUT2D eigenvalue weighted by Crippen LogP contribution is 2.22. The first-order valence-electron chi connectivity index (χ1n) is 6.32. The first kappa shape index (κ1) is 14.6. The number of carboxylic acid groups (broad SMARTS) is 1. The third kappa shape index (κ3) is 4.43. The van der Waals surface area contributed by atoms with Gasteiger partial charge in [-0.1, -0.05) is 27.7 Å². The molecule has 6 nitrogen and oxygen atoms in total. The molecule has 0 amide bonds. The van der Waals surface area contributed by atoms with Crippen LogP contribution >= 0.6 is 0 Å². The fourth-order valence-electron chi connectivity index (χ4n) is 1.75. The molecule has 18 heavy (non-hydrogen) atoms. The summed E-state index contributed by atoms with van der Waals surface area (Å²) >= 11 is 0. The van der Waals surface area contributed by atoms with Crippen molar-refractivity contribution < 1.29 is 9.90 Å². The number of aromatic nitrogens is 4. The summed E-state index contributed by atoms with van der Waals surface area (Å²) < 4.78 is 1.67. The largest absolute Gasteiger partial charge is 0.481 e. The molecule has 0 saturated heterocycles. The lowest BCUT2D eigenvalue weighted by molar-refractivity contribution is -0.138. The lowest BCUT2D eigenvalue weighted by Crippen LogP contribution is -2.18. The van der Waals surface area contributed by atoms with E-state index in [0.29, 0.717) is 6.42 Å². The third-order valence-corrected chi connectivity index (χ3v) is 2.89. The molecule has 1 heterocycles. The minimum Gasteiger partial charge on any atom is -0.481 e. The molecule has 1 N–H and O–H groups in total. The van der Waals surface area contributed by atoms with Crippen molar-refractivity contribution in [2.75, 3.05) is 0 Å². The Morgan fingerprint density at radius 2 is 2.11 bits per heavy atom. The van der Waals surface area contributed by atoms with E-state index in [2.05, 4.69) is 36.3 Å². The van der Waals surface area contributed by atoms with Crippen molar-refractivity contribution >= 4 is 5.97 Å². The van der Waals surface area contributed by atoms with Gasteiger partial charge in [0.1, 0.15) is 0 Å². The van der Waals surface area contributed by atoms with Gasteiger partial charge in [-0.2, -0.15) is 0 Å². The highest BCUT2D eigenvalue weighted by molar-refractivity contribution is 5.67. The third-order valence-electron chi connectivity index (χ3n) is 2.89. The van der Waals surface area contributed by atoms with Crippen LogP contribution in [0, 0.1) is 5.41 Å². The molecule has 1 atom stereocenters. The van der Waals surface area contributed by atoms with E-state index in [4.69, 9.17) is 5.11 Å². The highest BCUT2D eigenvalue weighted by Gasteiger charge is 2.20. The lowest BCUT2D eigenvalue weighted by atomic mass is 9.90. The zero-order chi connectivity index (χ0) is 13.8. The fraction of sp³-hybridized carbons (Fsp3) is 0.833. The summed E-state index contributed by atoms with van der Waals surface area (Å²) in [5.41, 5.74) is 0.214. The van der Waals surface area contributed by atoms with Crippen molar-refractivity contribution in [2.45, 2.75) is 59.4 Å². The predicted octanol–water partition coefficient (Wildman–Crippen LogP) is 2.08. The van der Waals surface area contributed by atoms with Crippen LogP contribution in [0.4, 0.5) is 0 Å². The summed E-state index contributed by atoms with van der Waals surface area (Å²) in [6, 6.07) is -0.160. The van der Waals surface area contributed by atoms with Crippen LogP contribution in [0.5, 0.6) is 0 Å². The van der Waals surface area contributed by atoms with E-state index in [9.17, 15) is 4.79 Å². The van der Waals surface area contributed by atoms with E-state index in [-0.39, 0.29) is 17.9 Å². The average Bonchev–Trinajstić information content (AvgIpc) is 2.69. The molecule has 0 aliphatic carbocycles. The number of hydrogen-bond acceptors (Lipinski definition) is 4. The number of rotatable bonds is 6. The maximum atomic E-state index is 10.8. The van der Waals surface area contributed by atoms with Crippen LogP contribution in [0.15, 0.2) is 0 Å². The summed E-state index contributed by atoms with van der Waals surface area (Å²) in [6.45, 7) is 8.43. The standard InChI is InChI=1S/C12H22N4O2/c1-5-9(8-11(17)18)16-10(13-14-15-16)6-7-12(2,3)4/h9H,5-8H2,1-4H3,(H,17,18). The molecule has 0 radical (unpaired) electrons. The molecule has 0 aromatic carbocycles. The van der Waals surface area contributed by atoms with Crippen LogP contribution in [0.25, 0.3) is 0 Å². The van der Waals surface area contributed by atoms with Crippen molar-refractivity contribution in [3.05, 3.63) is 5.82 Å². The SMILES string of the molecule is CCC(CC(=O)O)n1nnnc1CCC(C)(C)C. The van der Waals surface area contributed by atoms with E-state index in [1.165, 1.54) is 0 Å². The van der Waals surface area contributed by atoms with Crippen LogP contribution in [0.3, 0.4) is 0 Å². The Labute approximate surface area is 107 Å². The van der Waals surface area contributed by atoms with E-state index in [0.717, 1.165) is 18.7 Å². The van der Waals surface area contributed by atoms with Crippen LogP contribution in [-0.4, -0.2) is 31.3 Å². The van der Waals surface area contributed by atoms with Gasteiger partial charge in [0, 0.05) is 6.42 Å². The molecule has 0 fully saturated rings. The van der Waals surface area contributed by atoms with Crippen LogP contribution in [0.1, 0.15) is 58.8 Å². The Morgan fingerprint density at radius 1 is 1.44 bits per heavy atom. The van der Waals surface area contributed by atoms with Crippen molar-refractivity contribution in [1.29, 1.82) is 0 Å². The molecule has 0 bridgehead atoms. The Kier molecular flexibility index (Phi) is 4.81. The molecule has 1 rings (SSSR count). The van der Waals surface area contributed by atoms with Gasteiger partial charge in [-0.15, -0.1) is 5.10 Å². The van der Waals surface area contributed by atoms with Crippen LogP contribution in [0.2, 0.25) is 0 Å². The molecule has 6 heteroatoms. The summed E-state index contributed by atoms with van der Waals surface area (Å²) in [5.74, 6) is -0.0443. The van der Waals surface area contributed by atoms with Gasteiger partial charge in [0.25, 0.3) is 0 Å². The second-order valence-electron chi connectivity index (χ2n) is 5.76. The smallest absolute Gasteiger partial charge is 0.305 e. The summed E-state index contributed by atoms with van der Waals surface area (Å²) in [7, 11) is 0. The maximum Gasteiger partial charge on any atom is 0.305 e. The van der Waals surface area contributed by atoms with Gasteiger partial charge in [-0.25, -0.2) is 4.68 Å². The van der Waals surface area contributed by atoms with E-state index in [1.807, 2.05) is 6.92 Å². The topological polar surface area (TPSA) is 80.9 Å². The molecular weight excluding hydrogens is 232 g/mol. The van der Waals surface area contributed by atoms with Gasteiger partial charge in [-0.05, 0) is 28.7 Å². The predicted molar refractivity (Wildman–Crippen MR) is 67.2 cm³/mol. The maximum absolute atomic E-state index is 10.8. The lowest BCUT2D eigenvalue weighted by Gasteiger charge is -2.19. The minimum atomic E-state index is -0.820. The van der Waals surface area contributed by atoms with Crippen molar-refractivity contribution in [3.63, 3.8) is 0 Å². The monoisotopic (exact) mass is 254 g/mol. The summed E-state index contributed by atoms with van der Waals surface area (Å²) in [6.07, 6.45) is 2.51. The Bertz CT molecular complexity index is 395. The summed E-state index contributed by atoms with van der Waals surface area (Å²) in [4.78, 5) is 10.8. The number of nitrogens with zero attached hydrogens (tertiary/aromatic N) is 4. The minimum absolute atomic E-state index is 0.0596. The molecule has 0 spiro atoms. The average molecular weight is 254 g/mol. The van der Waals surface area contributed by atoms with Crippen molar-refractivity contribution in [2.24, 2.45) is 5.41 Å². The zero-order valence-electron chi connectivity index (χ0n) is 11.6. The first-order chi connectivity index (χ1) is 8.33. The second-order valence-corrected chi connectivity index (χ2v) is 5.76. The number of tetrazole rings is 1. The first-order valence-corrected chi connectivity index (χ1v) is 6.32.